The average Bonchev–Trinajstić information content (AvgIpc) is 2.85. The molecular formula is C15H21N5O. The predicted molar refractivity (Wildman–Crippen MR) is 83.0 cm³/mol. The van der Waals surface area contributed by atoms with Crippen molar-refractivity contribution in [3.8, 4) is 0 Å². The van der Waals surface area contributed by atoms with Crippen molar-refractivity contribution in [2.24, 2.45) is 12.8 Å². The molecule has 6 nitrogen and oxygen atoms in total. The van der Waals surface area contributed by atoms with Crippen LogP contribution in [0.15, 0.2) is 36.7 Å². The lowest BCUT2D eigenvalue weighted by molar-refractivity contribution is 0.252. The zero-order valence-corrected chi connectivity index (χ0v) is 12.3. The van der Waals surface area contributed by atoms with Gasteiger partial charge in [-0.3, -0.25) is 0 Å². The van der Waals surface area contributed by atoms with Gasteiger partial charge in [-0.05, 0) is 24.6 Å². The van der Waals surface area contributed by atoms with Crippen molar-refractivity contribution in [3.05, 3.63) is 48.0 Å². The number of aryl methyl sites for hydroxylation is 1. The molecule has 1 aromatic heterocycles. The summed E-state index contributed by atoms with van der Waals surface area (Å²) >= 11 is 0. The van der Waals surface area contributed by atoms with Crippen LogP contribution in [0.25, 0.3) is 0 Å². The summed E-state index contributed by atoms with van der Waals surface area (Å²) in [5.41, 5.74) is 7.55. The summed E-state index contributed by atoms with van der Waals surface area (Å²) in [4.78, 5) is 16.0. The van der Waals surface area contributed by atoms with Gasteiger partial charge in [0.1, 0.15) is 5.82 Å². The Morgan fingerprint density at radius 2 is 2.29 bits per heavy atom. The predicted octanol–water partition coefficient (Wildman–Crippen LogP) is 1.80. The Morgan fingerprint density at radius 1 is 1.48 bits per heavy atom. The van der Waals surface area contributed by atoms with Gasteiger partial charge in [0.2, 0.25) is 0 Å². The minimum absolute atomic E-state index is 0.0572. The number of carbonyl (C=O) groups is 1. The van der Waals surface area contributed by atoms with Crippen LogP contribution >= 0.6 is 0 Å². The summed E-state index contributed by atoms with van der Waals surface area (Å²) in [6, 6.07) is 7.24. The quantitative estimate of drug-likeness (QED) is 0.784. The molecule has 1 heterocycles. The Morgan fingerprint density at radius 3 is 2.95 bits per heavy atom. The van der Waals surface area contributed by atoms with Crippen molar-refractivity contribution in [3.63, 3.8) is 0 Å². The van der Waals surface area contributed by atoms with E-state index in [1.807, 2.05) is 49.0 Å². The van der Waals surface area contributed by atoms with Crippen LogP contribution in [0.4, 0.5) is 10.5 Å². The first-order valence-corrected chi connectivity index (χ1v) is 6.93. The molecule has 0 aliphatic rings. The molecule has 2 rings (SSSR count). The molecule has 2 aromatic rings. The number of hydrogen-bond donors (Lipinski definition) is 3. The van der Waals surface area contributed by atoms with Gasteiger partial charge in [0.15, 0.2) is 0 Å². The first kappa shape index (κ1) is 15.1. The van der Waals surface area contributed by atoms with E-state index in [2.05, 4.69) is 15.6 Å². The summed E-state index contributed by atoms with van der Waals surface area (Å²) in [7, 11) is 1.93. The molecule has 0 saturated heterocycles. The van der Waals surface area contributed by atoms with E-state index >= 15 is 0 Å². The maximum absolute atomic E-state index is 11.8. The molecular weight excluding hydrogens is 266 g/mol. The average molecular weight is 287 g/mol. The van der Waals surface area contributed by atoms with Crippen LogP contribution in [0, 0.1) is 0 Å². The number of rotatable bonds is 5. The summed E-state index contributed by atoms with van der Waals surface area (Å²) in [5, 5.41) is 5.61. The lowest BCUT2D eigenvalue weighted by Crippen LogP contribution is -2.30. The molecule has 0 aliphatic heterocycles. The fourth-order valence-electron chi connectivity index (χ4n) is 2.00. The molecule has 1 unspecified atom stereocenters. The second-order valence-corrected chi connectivity index (χ2v) is 5.00. The fourth-order valence-corrected chi connectivity index (χ4v) is 2.00. The Labute approximate surface area is 124 Å². The molecule has 0 bridgehead atoms. The fraction of sp³-hybridized carbons (Fsp3) is 0.333. The molecule has 1 aromatic carbocycles. The van der Waals surface area contributed by atoms with Crippen LogP contribution in [-0.4, -0.2) is 22.1 Å². The van der Waals surface area contributed by atoms with E-state index in [9.17, 15) is 4.79 Å². The largest absolute Gasteiger partial charge is 0.338 e. The minimum atomic E-state index is -0.231. The molecule has 0 saturated carbocycles. The van der Waals surface area contributed by atoms with E-state index in [0.29, 0.717) is 13.0 Å². The van der Waals surface area contributed by atoms with Gasteiger partial charge < -0.3 is 20.9 Å². The van der Waals surface area contributed by atoms with Gasteiger partial charge in [-0.15, -0.1) is 0 Å². The molecule has 0 spiro atoms. The lowest BCUT2D eigenvalue weighted by atomic mass is 10.1. The van der Waals surface area contributed by atoms with Crippen LogP contribution in [0.3, 0.4) is 0 Å². The minimum Gasteiger partial charge on any atom is -0.338 e. The SMILES string of the molecule is CC(N)c1cccc(NC(=O)NCCc2nccn2C)c1. The van der Waals surface area contributed by atoms with E-state index < -0.39 is 0 Å². The standard InChI is InChI=1S/C15H21N5O/c1-11(16)12-4-3-5-13(10-12)19-15(21)18-7-6-14-17-8-9-20(14)2/h3-5,8-11H,6-7,16H2,1-2H3,(H2,18,19,21). The van der Waals surface area contributed by atoms with Crippen molar-refractivity contribution in [2.45, 2.75) is 19.4 Å². The van der Waals surface area contributed by atoms with Gasteiger partial charge in [0.05, 0.1) is 0 Å². The molecule has 2 amide bonds. The van der Waals surface area contributed by atoms with Gasteiger partial charge in [0, 0.05) is 44.1 Å². The first-order chi connectivity index (χ1) is 10.1. The zero-order valence-electron chi connectivity index (χ0n) is 12.3. The molecule has 21 heavy (non-hydrogen) atoms. The van der Waals surface area contributed by atoms with Gasteiger partial charge >= 0.3 is 6.03 Å². The molecule has 112 valence electrons. The van der Waals surface area contributed by atoms with E-state index in [-0.39, 0.29) is 12.1 Å². The van der Waals surface area contributed by atoms with Crippen molar-refractivity contribution in [1.29, 1.82) is 0 Å². The number of carbonyl (C=O) groups excluding carboxylic acids is 1. The Hall–Kier alpha value is -2.34. The molecule has 6 heteroatoms. The highest BCUT2D eigenvalue weighted by atomic mass is 16.2. The smallest absolute Gasteiger partial charge is 0.319 e. The molecule has 4 N–H and O–H groups in total. The highest BCUT2D eigenvalue weighted by Crippen LogP contribution is 2.15. The third-order valence-corrected chi connectivity index (χ3v) is 3.23. The second kappa shape index (κ2) is 6.90. The van der Waals surface area contributed by atoms with Gasteiger partial charge in [0.25, 0.3) is 0 Å². The van der Waals surface area contributed by atoms with Crippen LogP contribution in [-0.2, 0) is 13.5 Å². The molecule has 1 atom stereocenters. The van der Waals surface area contributed by atoms with Gasteiger partial charge in [-0.2, -0.15) is 0 Å². The normalized spacial score (nSPS) is 12.0. The van der Waals surface area contributed by atoms with E-state index in [1.165, 1.54) is 0 Å². The molecule has 0 radical (unpaired) electrons. The number of urea groups is 1. The number of nitrogens with one attached hydrogen (secondary N) is 2. The van der Waals surface area contributed by atoms with E-state index in [4.69, 9.17) is 5.73 Å². The first-order valence-electron chi connectivity index (χ1n) is 6.93. The number of amides is 2. The lowest BCUT2D eigenvalue weighted by Gasteiger charge is -2.10. The highest BCUT2D eigenvalue weighted by Gasteiger charge is 2.05. The Kier molecular flexibility index (Phi) is 4.94. The van der Waals surface area contributed by atoms with E-state index in [0.717, 1.165) is 17.1 Å². The van der Waals surface area contributed by atoms with Crippen molar-refractivity contribution >= 4 is 11.7 Å². The summed E-state index contributed by atoms with van der Waals surface area (Å²) in [6.07, 6.45) is 4.32. The van der Waals surface area contributed by atoms with Crippen LogP contribution in [0.5, 0.6) is 0 Å². The van der Waals surface area contributed by atoms with Gasteiger partial charge in [-0.1, -0.05) is 12.1 Å². The second-order valence-electron chi connectivity index (χ2n) is 5.00. The number of imidazole rings is 1. The van der Waals surface area contributed by atoms with E-state index in [1.54, 1.807) is 6.20 Å². The number of nitrogens with zero attached hydrogens (tertiary/aromatic N) is 2. The maximum atomic E-state index is 11.8. The van der Waals surface area contributed by atoms with Crippen molar-refractivity contribution in [1.82, 2.24) is 14.9 Å². The number of aromatic nitrogens is 2. The highest BCUT2D eigenvalue weighted by molar-refractivity contribution is 5.89. The monoisotopic (exact) mass is 287 g/mol. The topological polar surface area (TPSA) is 85.0 Å². The zero-order chi connectivity index (χ0) is 15.2. The maximum Gasteiger partial charge on any atom is 0.319 e. The van der Waals surface area contributed by atoms with Gasteiger partial charge in [-0.25, -0.2) is 9.78 Å². The third-order valence-electron chi connectivity index (χ3n) is 3.23. The number of benzene rings is 1. The number of anilines is 1. The van der Waals surface area contributed by atoms with Crippen LogP contribution in [0.2, 0.25) is 0 Å². The molecule has 0 fully saturated rings. The summed E-state index contributed by atoms with van der Waals surface area (Å²) in [5.74, 6) is 0.939. The third kappa shape index (κ3) is 4.32. The molecule has 0 aliphatic carbocycles. The van der Waals surface area contributed by atoms with Crippen LogP contribution < -0.4 is 16.4 Å². The van der Waals surface area contributed by atoms with Crippen molar-refractivity contribution < 1.29 is 4.79 Å². The Bertz CT molecular complexity index is 606. The Balaban J connectivity index is 1.82. The van der Waals surface area contributed by atoms with Crippen LogP contribution in [0.1, 0.15) is 24.4 Å². The summed E-state index contributed by atoms with van der Waals surface area (Å²) < 4.78 is 1.94. The number of nitrogens with two attached hydrogens (primary N) is 1. The summed E-state index contributed by atoms with van der Waals surface area (Å²) in [6.45, 7) is 2.44. The number of hydrogen-bond acceptors (Lipinski definition) is 3. The van der Waals surface area contributed by atoms with Crippen molar-refractivity contribution in [2.75, 3.05) is 11.9 Å².